The molecule has 12 aromatic rings. The third kappa shape index (κ3) is 19.0. The monoisotopic (exact) mass is 1350 g/mol. The van der Waals surface area contributed by atoms with Crippen LogP contribution in [-0.4, -0.2) is 10.9 Å². The van der Waals surface area contributed by atoms with Gasteiger partial charge in [-0.1, -0.05) is 169 Å². The Morgan fingerprint density at radius 2 is 0.465 bits per heavy atom. The molecular formula is C80H88Cl2Si2Zr2-2. The van der Waals surface area contributed by atoms with Crippen LogP contribution in [0, 0.1) is 55.4 Å². The van der Waals surface area contributed by atoms with Crippen molar-refractivity contribution in [2.24, 2.45) is 0 Å². The van der Waals surface area contributed by atoms with Crippen LogP contribution < -0.4 is 24.8 Å². The largest absolute Gasteiger partial charge is 1.00 e. The van der Waals surface area contributed by atoms with Crippen LogP contribution in [-0.2, 0) is 72.4 Å². The maximum absolute atomic E-state index is 2.34. The maximum atomic E-state index is 2.34. The van der Waals surface area contributed by atoms with Gasteiger partial charge in [0, 0.05) is 0 Å². The van der Waals surface area contributed by atoms with E-state index in [1.165, 1.54) is 154 Å². The number of aryl methyl sites for hydroxylation is 12. The molecule has 0 N–H and O–H groups in total. The van der Waals surface area contributed by atoms with Crippen LogP contribution in [0.5, 0.6) is 0 Å². The summed E-state index contributed by atoms with van der Waals surface area (Å²) in [6.07, 6.45) is 4.39. The first-order valence-electron chi connectivity index (χ1n) is 30.3. The SMILES string of the molecule is CCc1cc2c(-c3ccc(C)cc3C)cccc2[cH-]1.CCc1cc2c(-c3ccc(C)cc3C)cccc2[cH-]1.CCc1cc2c(-c3ccc(C)cc3C)cccc2[cH-]1.CCc1cc2c(-c3ccc(C)cc3C)cccc2[cH-]1.C[Si](C)=[Zr+2].C[Si](C)=[Zr+2].[Cl-].[Cl-]. The molecule has 0 aliphatic rings. The van der Waals surface area contributed by atoms with E-state index in [9.17, 15) is 0 Å². The van der Waals surface area contributed by atoms with E-state index >= 15 is 0 Å². The molecule has 0 heterocycles. The predicted octanol–water partition coefficient (Wildman–Crippen LogP) is 17.2. The topological polar surface area (TPSA) is 0 Å². The molecule has 12 aromatic carbocycles. The fraction of sp³-hybridized carbons (Fsp3) is 0.250. The molecule has 0 amide bonds. The van der Waals surface area contributed by atoms with E-state index in [1.807, 2.05) is 0 Å². The number of rotatable bonds is 8. The van der Waals surface area contributed by atoms with Gasteiger partial charge in [0.25, 0.3) is 0 Å². The molecule has 0 aromatic heterocycles. The summed E-state index contributed by atoms with van der Waals surface area (Å²) >= 11 is 3.48. The quantitative estimate of drug-likeness (QED) is 0.105. The van der Waals surface area contributed by atoms with Crippen molar-refractivity contribution in [1.82, 2.24) is 0 Å². The second-order valence-electron chi connectivity index (χ2n) is 23.4. The summed E-state index contributed by atoms with van der Waals surface area (Å²) < 4.78 is 0. The molecule has 0 unspecified atom stereocenters. The zero-order valence-corrected chi connectivity index (χ0v) is 62.5. The average molecular weight is 1360 g/mol. The minimum Gasteiger partial charge on any atom is -1.00 e. The van der Waals surface area contributed by atoms with E-state index in [0.29, 0.717) is 0 Å². The Bertz CT molecular complexity index is 3670. The first-order chi connectivity index (χ1) is 40.2. The molecule has 0 aliphatic heterocycles. The van der Waals surface area contributed by atoms with E-state index in [4.69, 9.17) is 0 Å². The molecule has 0 saturated heterocycles. The first kappa shape index (κ1) is 71.7. The molecule has 0 atom stereocenters. The van der Waals surface area contributed by atoms with Crippen LogP contribution in [0.1, 0.15) is 94.5 Å². The maximum Gasteiger partial charge on any atom is -1.00 e. The van der Waals surface area contributed by atoms with E-state index in [1.54, 1.807) is 46.7 Å². The standard InChI is InChI=1S/4C19H19.2C2H6Si.2ClH.2Zr/c4*1-4-15-11-16-6-5-7-18(19(16)12-15)17-9-8-13(2)10-14(17)3;2*1-3-2;;;;/h4*5-12H,4H2,1-3H3;2*1-2H3;2*1H;;/q4*-1;;;;;2*+2/p-2. The van der Waals surface area contributed by atoms with Gasteiger partial charge in [0.2, 0.25) is 0 Å². The molecular weight excluding hydrogens is 1270 g/mol. The number of fused-ring (bicyclic) bond motifs is 4. The molecule has 440 valence electrons. The third-order valence-corrected chi connectivity index (χ3v) is 15.6. The first-order valence-corrected chi connectivity index (χ1v) is 42.7. The van der Waals surface area contributed by atoms with Crippen LogP contribution >= 0.6 is 0 Å². The average Bonchev–Trinajstić information content (AvgIpc) is 3.47. The minimum absolute atomic E-state index is 0. The summed E-state index contributed by atoms with van der Waals surface area (Å²) in [7, 11) is 0. The molecule has 86 heavy (non-hydrogen) atoms. The van der Waals surface area contributed by atoms with Crippen molar-refractivity contribution in [2.75, 3.05) is 0 Å². The fourth-order valence-corrected chi connectivity index (χ4v) is 11.4. The van der Waals surface area contributed by atoms with Crippen molar-refractivity contribution < 1.29 is 71.5 Å². The van der Waals surface area contributed by atoms with Crippen LogP contribution in [0.15, 0.2) is 194 Å². The third-order valence-electron chi connectivity index (χ3n) is 15.6. The van der Waals surface area contributed by atoms with Crippen LogP contribution in [0.25, 0.3) is 87.6 Å². The Labute approximate surface area is 560 Å². The molecule has 0 radical (unpaired) electrons. The van der Waals surface area contributed by atoms with Gasteiger partial charge in [-0.2, -0.15) is 24.3 Å². The molecule has 0 aliphatic carbocycles. The number of hydrogen-bond acceptors (Lipinski definition) is 0. The Hall–Kier alpha value is -5.02. The van der Waals surface area contributed by atoms with E-state index in [0.717, 1.165) is 25.7 Å². The van der Waals surface area contributed by atoms with Gasteiger partial charge in [-0.25, -0.2) is 0 Å². The Morgan fingerprint density at radius 3 is 0.628 bits per heavy atom. The smallest absolute Gasteiger partial charge is 1.00 e. The van der Waals surface area contributed by atoms with Gasteiger partial charge < -0.3 is 24.8 Å². The number of benzene rings is 8. The van der Waals surface area contributed by atoms with Gasteiger partial charge in [0.15, 0.2) is 0 Å². The molecule has 12 rings (SSSR count). The van der Waals surface area contributed by atoms with E-state index in [2.05, 4.69) is 303 Å². The number of hydrogen-bond donors (Lipinski definition) is 0. The zero-order chi connectivity index (χ0) is 60.8. The summed E-state index contributed by atoms with van der Waals surface area (Å²) in [5, 5.41) is 10.9. The van der Waals surface area contributed by atoms with Gasteiger partial charge in [-0.3, -0.25) is 0 Å². The molecule has 0 spiro atoms. The minimum atomic E-state index is 0. The van der Waals surface area contributed by atoms with Gasteiger partial charge in [0.1, 0.15) is 0 Å². The van der Waals surface area contributed by atoms with Crippen LogP contribution in [0.4, 0.5) is 0 Å². The van der Waals surface area contributed by atoms with Gasteiger partial charge in [-0.05, 0) is 126 Å². The van der Waals surface area contributed by atoms with Gasteiger partial charge in [-0.15, -0.1) is 138 Å². The summed E-state index contributed by atoms with van der Waals surface area (Å²) in [6, 6.07) is 71.9. The predicted molar refractivity (Wildman–Crippen MR) is 370 cm³/mol. The van der Waals surface area contributed by atoms with Crippen molar-refractivity contribution >= 4 is 54.0 Å². The molecule has 0 fully saturated rings. The normalized spacial score (nSPS) is 10.5. The Balaban J connectivity index is 0.000000199. The second-order valence-corrected chi connectivity index (χ2v) is 42.1. The Morgan fingerprint density at radius 1 is 0.279 bits per heavy atom. The van der Waals surface area contributed by atoms with Crippen molar-refractivity contribution in [1.29, 1.82) is 0 Å². The molecule has 0 bridgehead atoms. The summed E-state index contributed by atoms with van der Waals surface area (Å²) in [4.78, 5) is 0. The summed E-state index contributed by atoms with van der Waals surface area (Å²) in [5.74, 6) is 0. The zero-order valence-electron chi connectivity index (χ0n) is 54.1. The molecule has 0 saturated carbocycles. The van der Waals surface area contributed by atoms with E-state index < -0.39 is 0 Å². The fourth-order valence-electron chi connectivity index (χ4n) is 11.4. The van der Waals surface area contributed by atoms with Crippen LogP contribution in [0.2, 0.25) is 26.2 Å². The second kappa shape index (κ2) is 34.1. The van der Waals surface area contributed by atoms with Gasteiger partial charge >= 0.3 is 83.7 Å². The van der Waals surface area contributed by atoms with E-state index in [-0.39, 0.29) is 35.7 Å². The van der Waals surface area contributed by atoms with Crippen LogP contribution in [0.3, 0.4) is 0 Å². The van der Waals surface area contributed by atoms with Crippen molar-refractivity contribution in [3.8, 4) is 44.5 Å². The Kier molecular flexibility index (Phi) is 28.4. The molecule has 6 heteroatoms. The van der Waals surface area contributed by atoms with Crippen molar-refractivity contribution in [3.63, 3.8) is 0 Å². The van der Waals surface area contributed by atoms with Crippen molar-refractivity contribution in [3.05, 3.63) is 261 Å². The number of halogens is 2. The molecule has 0 nitrogen and oxygen atoms in total. The van der Waals surface area contributed by atoms with Crippen molar-refractivity contribution in [2.45, 2.75) is 135 Å². The van der Waals surface area contributed by atoms with Gasteiger partial charge in [0.05, 0.1) is 0 Å². The summed E-state index contributed by atoms with van der Waals surface area (Å²) in [6.45, 7) is 35.5. The summed E-state index contributed by atoms with van der Waals surface area (Å²) in [5.41, 5.74) is 27.7.